The van der Waals surface area contributed by atoms with E-state index in [-0.39, 0.29) is 24.2 Å². The third kappa shape index (κ3) is 3.77. The third-order valence-electron chi connectivity index (χ3n) is 3.54. The number of carboxylic acid groups (broad SMARTS) is 1. The zero-order valence-electron chi connectivity index (χ0n) is 10.9. The lowest BCUT2D eigenvalue weighted by atomic mass is 9.85. The van der Waals surface area contributed by atoms with Crippen LogP contribution in [0.2, 0.25) is 0 Å². The van der Waals surface area contributed by atoms with Crippen molar-refractivity contribution in [2.75, 3.05) is 0 Å². The van der Waals surface area contributed by atoms with Crippen molar-refractivity contribution in [3.8, 4) is 0 Å². The van der Waals surface area contributed by atoms with Crippen molar-refractivity contribution in [1.82, 2.24) is 5.32 Å². The second-order valence-corrected chi connectivity index (χ2v) is 5.08. The summed E-state index contributed by atoms with van der Waals surface area (Å²) in [4.78, 5) is 22.5. The highest BCUT2D eigenvalue weighted by molar-refractivity contribution is 5.95. The molecule has 1 heterocycles. The van der Waals surface area contributed by atoms with Crippen LogP contribution in [0.3, 0.4) is 0 Å². The molecule has 0 radical (unpaired) electrons. The molecule has 1 aromatic rings. The summed E-state index contributed by atoms with van der Waals surface area (Å²) in [6.07, 6.45) is -2.60. The molecular weight excluding hydrogens is 291 g/mol. The summed E-state index contributed by atoms with van der Waals surface area (Å²) in [7, 11) is 0. The molecule has 21 heavy (non-hydrogen) atoms. The molecule has 5 nitrogen and oxygen atoms in total. The number of hydrogen-bond donors (Lipinski definition) is 2. The Hall–Kier alpha value is -1.99. The van der Waals surface area contributed by atoms with Gasteiger partial charge in [0.25, 0.3) is 5.91 Å². The number of carboxylic acids is 1. The van der Waals surface area contributed by atoms with Gasteiger partial charge in [-0.2, -0.15) is 13.2 Å². The lowest BCUT2D eigenvalue weighted by Gasteiger charge is -2.30. The minimum atomic E-state index is -4.26. The molecule has 1 aliphatic carbocycles. The van der Waals surface area contributed by atoms with E-state index in [1.54, 1.807) is 0 Å². The Morgan fingerprint density at radius 1 is 1.33 bits per heavy atom. The van der Waals surface area contributed by atoms with Crippen molar-refractivity contribution in [2.24, 2.45) is 5.92 Å². The number of hydrogen-bond acceptors (Lipinski definition) is 3. The minimum Gasteiger partial charge on any atom is -0.478 e. The van der Waals surface area contributed by atoms with Crippen molar-refractivity contribution < 1.29 is 32.3 Å². The molecule has 0 bridgehead atoms. The molecule has 2 N–H and O–H groups in total. The predicted octanol–water partition coefficient (Wildman–Crippen LogP) is 2.83. The fraction of sp³-hybridized carbons (Fsp3) is 0.538. The minimum absolute atomic E-state index is 0.0692. The summed E-state index contributed by atoms with van der Waals surface area (Å²) in [6.45, 7) is 0. The standard InChI is InChI=1S/C13H14F3NO4/c14-13(15,16)8-2-1-3-9(5-8)17-11(18)10-4-7(6-21-10)12(19)20/h4,6,8-9H,1-3,5H2,(H,17,18)(H,19,20). The molecule has 2 rings (SSSR count). The van der Waals surface area contributed by atoms with Crippen LogP contribution >= 0.6 is 0 Å². The van der Waals surface area contributed by atoms with E-state index < -0.39 is 30.0 Å². The average molecular weight is 305 g/mol. The van der Waals surface area contributed by atoms with Gasteiger partial charge in [0.15, 0.2) is 5.76 Å². The molecule has 0 saturated heterocycles. The average Bonchev–Trinajstić information content (AvgIpc) is 2.88. The van der Waals surface area contributed by atoms with E-state index in [9.17, 15) is 22.8 Å². The van der Waals surface area contributed by atoms with Crippen LogP contribution in [0.1, 0.15) is 46.6 Å². The van der Waals surface area contributed by atoms with Gasteiger partial charge in [-0.15, -0.1) is 0 Å². The maximum Gasteiger partial charge on any atom is 0.391 e. The number of carbonyl (C=O) groups is 2. The van der Waals surface area contributed by atoms with E-state index in [0.717, 1.165) is 12.3 Å². The summed E-state index contributed by atoms with van der Waals surface area (Å²) in [5.41, 5.74) is -0.183. The molecular formula is C13H14F3NO4. The molecule has 2 unspecified atom stereocenters. The lowest BCUT2D eigenvalue weighted by Crippen LogP contribution is -2.41. The summed E-state index contributed by atoms with van der Waals surface area (Å²) >= 11 is 0. The summed E-state index contributed by atoms with van der Waals surface area (Å²) in [6, 6.07) is 0.457. The number of rotatable bonds is 3. The van der Waals surface area contributed by atoms with E-state index in [1.807, 2.05) is 0 Å². The maximum absolute atomic E-state index is 12.7. The molecule has 1 aromatic heterocycles. The van der Waals surface area contributed by atoms with Gasteiger partial charge < -0.3 is 14.8 Å². The smallest absolute Gasteiger partial charge is 0.391 e. The highest BCUT2D eigenvalue weighted by Gasteiger charge is 2.42. The number of nitrogens with one attached hydrogen (secondary N) is 1. The van der Waals surface area contributed by atoms with E-state index in [2.05, 4.69) is 5.32 Å². The number of halogens is 3. The SMILES string of the molecule is O=C(O)c1coc(C(=O)NC2CCCC(C(F)(F)F)C2)c1. The van der Waals surface area contributed by atoms with Gasteiger partial charge >= 0.3 is 12.1 Å². The van der Waals surface area contributed by atoms with Crippen LogP contribution in [-0.2, 0) is 0 Å². The monoisotopic (exact) mass is 305 g/mol. The molecule has 1 fully saturated rings. The Bertz CT molecular complexity index is 538. The first kappa shape index (κ1) is 15.4. The van der Waals surface area contributed by atoms with Gasteiger partial charge in [-0.1, -0.05) is 6.42 Å². The van der Waals surface area contributed by atoms with Gasteiger partial charge in [0.05, 0.1) is 11.5 Å². The van der Waals surface area contributed by atoms with Gasteiger partial charge in [0.2, 0.25) is 0 Å². The van der Waals surface area contributed by atoms with E-state index in [0.29, 0.717) is 12.8 Å². The first-order chi connectivity index (χ1) is 9.77. The Labute approximate surface area is 118 Å². The van der Waals surface area contributed by atoms with E-state index in [4.69, 9.17) is 9.52 Å². The molecule has 116 valence electrons. The van der Waals surface area contributed by atoms with Gasteiger partial charge in [-0.05, 0) is 19.3 Å². The predicted molar refractivity (Wildman–Crippen MR) is 64.9 cm³/mol. The Morgan fingerprint density at radius 2 is 2.05 bits per heavy atom. The Balaban J connectivity index is 1.97. The second kappa shape index (κ2) is 5.79. The number of aromatic carboxylic acids is 1. The first-order valence-electron chi connectivity index (χ1n) is 6.46. The maximum atomic E-state index is 12.7. The van der Waals surface area contributed by atoms with Crippen LogP contribution in [0.15, 0.2) is 16.7 Å². The number of furan rings is 1. The fourth-order valence-corrected chi connectivity index (χ4v) is 2.44. The van der Waals surface area contributed by atoms with E-state index >= 15 is 0 Å². The Morgan fingerprint density at radius 3 is 2.62 bits per heavy atom. The molecule has 1 amide bonds. The van der Waals surface area contributed by atoms with Crippen LogP contribution in [0.25, 0.3) is 0 Å². The van der Waals surface area contributed by atoms with Gasteiger partial charge in [-0.25, -0.2) is 4.79 Å². The molecule has 0 aliphatic heterocycles. The van der Waals surface area contributed by atoms with Crippen LogP contribution in [-0.4, -0.2) is 29.2 Å². The largest absolute Gasteiger partial charge is 0.478 e. The highest BCUT2D eigenvalue weighted by Crippen LogP contribution is 2.37. The number of alkyl halides is 3. The van der Waals surface area contributed by atoms with Gasteiger partial charge in [0, 0.05) is 12.1 Å². The zero-order valence-corrected chi connectivity index (χ0v) is 10.9. The second-order valence-electron chi connectivity index (χ2n) is 5.08. The van der Waals surface area contributed by atoms with Crippen LogP contribution in [0.4, 0.5) is 13.2 Å². The van der Waals surface area contributed by atoms with Gasteiger partial charge in [-0.3, -0.25) is 4.79 Å². The van der Waals surface area contributed by atoms with Crippen LogP contribution in [0, 0.1) is 5.92 Å². The molecule has 1 aliphatic rings. The Kier molecular flexibility index (Phi) is 4.24. The lowest BCUT2D eigenvalue weighted by molar-refractivity contribution is -0.183. The van der Waals surface area contributed by atoms with Crippen molar-refractivity contribution >= 4 is 11.9 Å². The van der Waals surface area contributed by atoms with E-state index in [1.165, 1.54) is 0 Å². The molecule has 0 aromatic carbocycles. The third-order valence-corrected chi connectivity index (χ3v) is 3.54. The quantitative estimate of drug-likeness (QED) is 0.900. The molecule has 2 atom stereocenters. The number of carbonyl (C=O) groups excluding carboxylic acids is 1. The highest BCUT2D eigenvalue weighted by atomic mass is 19.4. The van der Waals surface area contributed by atoms with Crippen molar-refractivity contribution in [1.29, 1.82) is 0 Å². The summed E-state index contributed by atoms with van der Waals surface area (Å²) in [5.74, 6) is -3.58. The number of amides is 1. The molecule has 8 heteroatoms. The van der Waals surface area contributed by atoms with Gasteiger partial charge in [0.1, 0.15) is 6.26 Å². The summed E-state index contributed by atoms with van der Waals surface area (Å²) < 4.78 is 42.8. The summed E-state index contributed by atoms with van der Waals surface area (Å²) in [5, 5.41) is 11.2. The van der Waals surface area contributed by atoms with Crippen LogP contribution in [0.5, 0.6) is 0 Å². The molecule has 0 spiro atoms. The van der Waals surface area contributed by atoms with Crippen molar-refractivity contribution in [2.45, 2.75) is 37.9 Å². The normalized spacial score (nSPS) is 22.8. The molecule has 1 saturated carbocycles. The van der Waals surface area contributed by atoms with Crippen molar-refractivity contribution in [3.63, 3.8) is 0 Å². The van der Waals surface area contributed by atoms with Crippen LogP contribution < -0.4 is 5.32 Å². The zero-order chi connectivity index (χ0) is 15.6. The first-order valence-corrected chi connectivity index (χ1v) is 6.46. The fourth-order valence-electron chi connectivity index (χ4n) is 2.44. The topological polar surface area (TPSA) is 79.5 Å². The van der Waals surface area contributed by atoms with Crippen molar-refractivity contribution in [3.05, 3.63) is 23.7 Å².